The molecular weight excluding hydrogens is 336 g/mol. The average molecular weight is 377 g/mol. The van der Waals surface area contributed by atoms with Gasteiger partial charge in [-0.25, -0.2) is 0 Å². The van der Waals surface area contributed by atoms with Gasteiger partial charge < -0.3 is 19.1 Å². The van der Waals surface area contributed by atoms with Crippen molar-refractivity contribution in [2.24, 2.45) is 0 Å². The minimum atomic E-state index is -1.86. The molecular formula is C18H40O4Si2. The van der Waals surface area contributed by atoms with Crippen molar-refractivity contribution in [1.29, 1.82) is 0 Å². The molecule has 0 aliphatic rings. The van der Waals surface area contributed by atoms with Crippen LogP contribution in [0.15, 0.2) is 12.2 Å². The zero-order valence-corrected chi connectivity index (χ0v) is 19.4. The van der Waals surface area contributed by atoms with E-state index in [-0.39, 0.29) is 23.3 Å². The molecule has 0 aliphatic carbocycles. The van der Waals surface area contributed by atoms with Crippen LogP contribution in [0, 0.1) is 0 Å². The molecule has 0 spiro atoms. The number of rotatable bonds is 8. The van der Waals surface area contributed by atoms with Gasteiger partial charge in [-0.3, -0.25) is 0 Å². The van der Waals surface area contributed by atoms with Crippen LogP contribution in [0.4, 0.5) is 0 Å². The fourth-order valence-corrected chi connectivity index (χ4v) is 3.43. The summed E-state index contributed by atoms with van der Waals surface area (Å²) in [5.74, 6) is 0. The molecule has 0 aliphatic heterocycles. The third kappa shape index (κ3) is 7.93. The lowest BCUT2D eigenvalue weighted by molar-refractivity contribution is 0.123. The van der Waals surface area contributed by atoms with Crippen LogP contribution in [0.2, 0.25) is 36.3 Å². The Morgan fingerprint density at radius 2 is 0.958 bits per heavy atom. The fourth-order valence-electron chi connectivity index (χ4n) is 1.39. The second-order valence-electron chi connectivity index (χ2n) is 9.66. The Kier molecular flexibility index (Phi) is 8.60. The molecule has 0 amide bonds. The molecule has 144 valence electrons. The van der Waals surface area contributed by atoms with Crippen LogP contribution in [0.3, 0.4) is 0 Å². The van der Waals surface area contributed by atoms with Crippen molar-refractivity contribution in [3.8, 4) is 0 Å². The SMILES string of the molecule is CC(C)(C)[Si](C)(C)OC[C@@H](O)/C=C/[C@H](O)CO[Si](C)(C)C(C)(C)C. The molecule has 0 heterocycles. The Labute approximate surface area is 151 Å². The van der Waals surface area contributed by atoms with E-state index in [4.69, 9.17) is 8.85 Å². The molecule has 24 heavy (non-hydrogen) atoms. The van der Waals surface area contributed by atoms with Gasteiger partial charge in [0.05, 0.1) is 25.4 Å². The molecule has 0 rings (SSSR count). The summed E-state index contributed by atoms with van der Waals surface area (Å²) in [7, 11) is -3.72. The standard InChI is InChI=1S/C18H40O4Si2/c1-17(2,3)23(7,8)21-13-15(19)11-12-16(20)14-22-24(9,10)18(4,5)6/h11-12,15-16,19-20H,13-14H2,1-10H3/b12-11+/t15-,16-/m0/s1. The second-order valence-corrected chi connectivity index (χ2v) is 19.3. The van der Waals surface area contributed by atoms with E-state index in [1.54, 1.807) is 12.2 Å². The summed E-state index contributed by atoms with van der Waals surface area (Å²) in [5, 5.41) is 20.3. The van der Waals surface area contributed by atoms with Crippen LogP contribution in [0.1, 0.15) is 41.5 Å². The Bertz CT molecular complexity index is 368. The normalized spacial score (nSPS) is 17.3. The molecule has 4 nitrogen and oxygen atoms in total. The maximum Gasteiger partial charge on any atom is 0.192 e. The zero-order chi connectivity index (χ0) is 19.4. The van der Waals surface area contributed by atoms with Gasteiger partial charge in [0.15, 0.2) is 16.6 Å². The highest BCUT2D eigenvalue weighted by Crippen LogP contribution is 2.37. The van der Waals surface area contributed by atoms with E-state index in [0.29, 0.717) is 0 Å². The van der Waals surface area contributed by atoms with Gasteiger partial charge in [-0.1, -0.05) is 53.7 Å². The van der Waals surface area contributed by atoms with Crippen molar-refractivity contribution in [3.05, 3.63) is 12.2 Å². The topological polar surface area (TPSA) is 58.9 Å². The monoisotopic (exact) mass is 376 g/mol. The van der Waals surface area contributed by atoms with Crippen molar-refractivity contribution < 1.29 is 19.1 Å². The number of hydrogen-bond donors (Lipinski definition) is 2. The molecule has 0 fully saturated rings. The summed E-state index contributed by atoms with van der Waals surface area (Å²) in [4.78, 5) is 0. The van der Waals surface area contributed by atoms with Gasteiger partial charge in [-0.15, -0.1) is 0 Å². The van der Waals surface area contributed by atoms with Crippen molar-refractivity contribution in [1.82, 2.24) is 0 Å². The van der Waals surface area contributed by atoms with Crippen LogP contribution in [0.5, 0.6) is 0 Å². The van der Waals surface area contributed by atoms with Gasteiger partial charge in [0.2, 0.25) is 0 Å². The fraction of sp³-hybridized carbons (Fsp3) is 0.889. The zero-order valence-electron chi connectivity index (χ0n) is 17.4. The Morgan fingerprint density at radius 1 is 0.708 bits per heavy atom. The third-order valence-electron chi connectivity index (χ3n) is 5.40. The van der Waals surface area contributed by atoms with Crippen molar-refractivity contribution in [3.63, 3.8) is 0 Å². The summed E-state index contributed by atoms with van der Waals surface area (Å²) in [5.41, 5.74) is 0. The van der Waals surface area contributed by atoms with E-state index in [1.165, 1.54) is 0 Å². The van der Waals surface area contributed by atoms with Gasteiger partial charge in [0.25, 0.3) is 0 Å². The lowest BCUT2D eigenvalue weighted by Gasteiger charge is -2.36. The highest BCUT2D eigenvalue weighted by atomic mass is 28.4. The molecule has 0 bridgehead atoms. The average Bonchev–Trinajstić information content (AvgIpc) is 2.38. The number of aliphatic hydroxyl groups excluding tert-OH is 2. The van der Waals surface area contributed by atoms with Gasteiger partial charge in [0, 0.05) is 0 Å². The number of hydrogen-bond acceptors (Lipinski definition) is 4. The predicted octanol–water partition coefficient (Wildman–Crippen LogP) is 4.31. The van der Waals surface area contributed by atoms with E-state index in [2.05, 4.69) is 67.7 Å². The first-order valence-electron chi connectivity index (χ1n) is 8.82. The van der Waals surface area contributed by atoms with Gasteiger partial charge in [-0.2, -0.15) is 0 Å². The van der Waals surface area contributed by atoms with E-state index < -0.39 is 28.8 Å². The third-order valence-corrected chi connectivity index (χ3v) is 14.4. The Balaban J connectivity index is 4.39. The molecule has 0 saturated carbocycles. The summed E-state index contributed by atoms with van der Waals surface area (Å²) < 4.78 is 12.0. The molecule has 2 atom stereocenters. The predicted molar refractivity (Wildman–Crippen MR) is 107 cm³/mol. The maximum atomic E-state index is 10.1. The molecule has 0 aromatic rings. The van der Waals surface area contributed by atoms with Crippen LogP contribution in [0.25, 0.3) is 0 Å². The summed E-state index contributed by atoms with van der Waals surface area (Å²) in [6, 6.07) is 0. The first kappa shape index (κ1) is 24.0. The molecule has 0 aromatic heterocycles. The smallest absolute Gasteiger partial charge is 0.192 e. The Morgan fingerprint density at radius 3 is 1.17 bits per heavy atom. The van der Waals surface area contributed by atoms with E-state index in [9.17, 15) is 10.2 Å². The van der Waals surface area contributed by atoms with Crippen LogP contribution < -0.4 is 0 Å². The van der Waals surface area contributed by atoms with E-state index in [0.717, 1.165) is 0 Å². The molecule has 6 heteroatoms. The lowest BCUT2D eigenvalue weighted by Crippen LogP contribution is -2.42. The maximum absolute atomic E-state index is 10.1. The minimum Gasteiger partial charge on any atom is -0.414 e. The molecule has 0 radical (unpaired) electrons. The van der Waals surface area contributed by atoms with Gasteiger partial charge >= 0.3 is 0 Å². The highest BCUT2D eigenvalue weighted by molar-refractivity contribution is 6.74. The van der Waals surface area contributed by atoms with Crippen LogP contribution >= 0.6 is 0 Å². The molecule has 0 unspecified atom stereocenters. The highest BCUT2D eigenvalue weighted by Gasteiger charge is 2.38. The summed E-state index contributed by atoms with van der Waals surface area (Å²) >= 11 is 0. The van der Waals surface area contributed by atoms with Crippen molar-refractivity contribution in [2.75, 3.05) is 13.2 Å². The van der Waals surface area contributed by atoms with E-state index >= 15 is 0 Å². The Hall–Kier alpha value is 0.0138. The van der Waals surface area contributed by atoms with Gasteiger partial charge in [-0.05, 0) is 36.3 Å². The first-order chi connectivity index (χ1) is 10.5. The largest absolute Gasteiger partial charge is 0.414 e. The van der Waals surface area contributed by atoms with Crippen LogP contribution in [-0.4, -0.2) is 52.3 Å². The van der Waals surface area contributed by atoms with E-state index in [1.807, 2.05) is 0 Å². The molecule has 0 aromatic carbocycles. The number of aliphatic hydroxyl groups is 2. The molecule has 0 saturated heterocycles. The minimum absolute atomic E-state index is 0.118. The first-order valence-corrected chi connectivity index (χ1v) is 14.6. The summed E-state index contributed by atoms with van der Waals surface area (Å²) in [6.45, 7) is 22.2. The van der Waals surface area contributed by atoms with Crippen molar-refractivity contribution >= 4 is 16.6 Å². The quantitative estimate of drug-likeness (QED) is 0.489. The second kappa shape index (κ2) is 8.60. The van der Waals surface area contributed by atoms with Crippen LogP contribution in [-0.2, 0) is 8.85 Å². The lowest BCUT2D eigenvalue weighted by atomic mass is 10.2. The van der Waals surface area contributed by atoms with Crippen molar-refractivity contribution in [2.45, 2.75) is 90.0 Å². The summed E-state index contributed by atoms with van der Waals surface area (Å²) in [6.07, 6.45) is 1.79. The van der Waals surface area contributed by atoms with Gasteiger partial charge in [0.1, 0.15) is 0 Å². The molecule has 2 N–H and O–H groups in total.